The average Bonchev–Trinajstić information content (AvgIpc) is 3.22. The van der Waals surface area contributed by atoms with Crippen molar-refractivity contribution in [3.05, 3.63) is 72.1 Å². The van der Waals surface area contributed by atoms with E-state index in [1.54, 1.807) is 30.5 Å². The number of rotatable bonds is 3. The maximum atomic E-state index is 12.3. The molecule has 3 N–H and O–H groups in total. The summed E-state index contributed by atoms with van der Waals surface area (Å²) in [6, 6.07) is 18.1. The Morgan fingerprint density at radius 3 is 2.19 bits per heavy atom. The van der Waals surface area contributed by atoms with E-state index >= 15 is 0 Å². The van der Waals surface area contributed by atoms with E-state index in [-0.39, 0.29) is 11.4 Å². The minimum absolute atomic E-state index is 0.0981. The van der Waals surface area contributed by atoms with Crippen molar-refractivity contribution >= 4 is 28.4 Å². The number of hydrogen-bond donors (Lipinski definition) is 3. The maximum absolute atomic E-state index is 12.3. The highest BCUT2D eigenvalue weighted by atomic mass is 16.2. The zero-order valence-corrected chi connectivity index (χ0v) is 17.5. The van der Waals surface area contributed by atoms with Crippen LogP contribution in [0.4, 0.5) is 16.2 Å². The Labute approximate surface area is 180 Å². The number of H-pyrrole nitrogens is 1. The van der Waals surface area contributed by atoms with Gasteiger partial charge in [0.15, 0.2) is 5.65 Å². The lowest BCUT2D eigenvalue weighted by molar-refractivity contribution is 0.262. The largest absolute Gasteiger partial charge is 0.323 e. The summed E-state index contributed by atoms with van der Waals surface area (Å²) in [5.74, 6) is 0. The van der Waals surface area contributed by atoms with Crippen LogP contribution in [-0.2, 0) is 5.41 Å². The lowest BCUT2D eigenvalue weighted by Gasteiger charge is -2.19. The van der Waals surface area contributed by atoms with E-state index < -0.39 is 0 Å². The molecule has 2 aromatic heterocycles. The Hall–Kier alpha value is -4.18. The highest BCUT2D eigenvalue weighted by molar-refractivity contribution is 6.00. The summed E-state index contributed by atoms with van der Waals surface area (Å²) in [4.78, 5) is 17.0. The summed E-state index contributed by atoms with van der Waals surface area (Å²) in [7, 11) is 0. The summed E-state index contributed by atoms with van der Waals surface area (Å²) < 4.78 is 0. The zero-order chi connectivity index (χ0) is 22.0. The summed E-state index contributed by atoms with van der Waals surface area (Å²) in [6.07, 6.45) is 1.78. The van der Waals surface area contributed by atoms with Gasteiger partial charge in [0.05, 0.1) is 17.8 Å². The molecule has 4 aromatic rings. The van der Waals surface area contributed by atoms with Crippen molar-refractivity contribution in [1.82, 2.24) is 15.2 Å². The molecule has 0 spiro atoms. The second kappa shape index (κ2) is 7.92. The average molecular weight is 410 g/mol. The first-order valence-corrected chi connectivity index (χ1v) is 9.87. The van der Waals surface area contributed by atoms with Crippen LogP contribution in [0.1, 0.15) is 32.0 Å². The third kappa shape index (κ3) is 4.38. The van der Waals surface area contributed by atoms with Crippen molar-refractivity contribution < 1.29 is 4.79 Å². The van der Waals surface area contributed by atoms with Gasteiger partial charge in [-0.3, -0.25) is 5.10 Å². The predicted octanol–water partition coefficient (Wildman–Crippen LogP) is 5.44. The van der Waals surface area contributed by atoms with Gasteiger partial charge in [0.1, 0.15) is 0 Å². The second-order valence-electron chi connectivity index (χ2n) is 8.28. The van der Waals surface area contributed by atoms with E-state index in [0.717, 1.165) is 27.9 Å². The van der Waals surface area contributed by atoms with E-state index in [1.807, 2.05) is 30.3 Å². The van der Waals surface area contributed by atoms with Gasteiger partial charge in [0, 0.05) is 27.9 Å². The number of carbonyl (C=O) groups excluding carboxylic acids is 1. The first-order valence-electron chi connectivity index (χ1n) is 9.87. The highest BCUT2D eigenvalue weighted by Gasteiger charge is 2.19. The fraction of sp³-hybridized carbons (Fsp3) is 0.167. The number of nitrogens with zero attached hydrogens (tertiary/aromatic N) is 3. The van der Waals surface area contributed by atoms with Crippen LogP contribution in [0.2, 0.25) is 0 Å². The maximum Gasteiger partial charge on any atom is 0.323 e. The number of pyridine rings is 1. The van der Waals surface area contributed by atoms with Crippen molar-refractivity contribution in [1.29, 1.82) is 5.26 Å². The topological polar surface area (TPSA) is 106 Å². The van der Waals surface area contributed by atoms with Gasteiger partial charge < -0.3 is 10.6 Å². The number of hydrogen-bond acceptors (Lipinski definition) is 4. The van der Waals surface area contributed by atoms with Crippen molar-refractivity contribution in [3.63, 3.8) is 0 Å². The molecule has 0 unspecified atom stereocenters. The van der Waals surface area contributed by atoms with Gasteiger partial charge in [-0.2, -0.15) is 10.4 Å². The van der Waals surface area contributed by atoms with E-state index in [4.69, 9.17) is 10.2 Å². The first-order chi connectivity index (χ1) is 14.8. The molecule has 0 saturated carbocycles. The van der Waals surface area contributed by atoms with Gasteiger partial charge in [-0.25, -0.2) is 9.78 Å². The Kier molecular flexibility index (Phi) is 5.14. The highest BCUT2D eigenvalue weighted by Crippen LogP contribution is 2.32. The molecular formula is C24H22N6O. The molecule has 31 heavy (non-hydrogen) atoms. The molecule has 2 aromatic carbocycles. The summed E-state index contributed by atoms with van der Waals surface area (Å²) in [6.45, 7) is 6.38. The van der Waals surface area contributed by atoms with Crippen LogP contribution in [0, 0.1) is 11.3 Å². The molecular weight excluding hydrogens is 388 g/mol. The normalized spacial score (nSPS) is 11.2. The number of anilines is 2. The molecule has 4 rings (SSSR count). The van der Waals surface area contributed by atoms with Crippen LogP contribution < -0.4 is 10.6 Å². The fourth-order valence-corrected chi connectivity index (χ4v) is 3.21. The third-order valence-corrected chi connectivity index (χ3v) is 4.92. The van der Waals surface area contributed by atoms with E-state index in [1.165, 1.54) is 0 Å². The number of amides is 2. The number of aromatic nitrogens is 3. The molecule has 154 valence electrons. The number of nitrogens with one attached hydrogen (secondary N) is 3. The zero-order valence-electron chi connectivity index (χ0n) is 17.5. The Morgan fingerprint density at radius 2 is 1.61 bits per heavy atom. The number of benzene rings is 2. The number of nitriles is 1. The Bertz CT molecular complexity index is 1280. The minimum atomic E-state index is -0.353. The molecule has 0 aliphatic carbocycles. The smallest absolute Gasteiger partial charge is 0.308 e. The minimum Gasteiger partial charge on any atom is -0.308 e. The van der Waals surface area contributed by atoms with Crippen molar-refractivity contribution in [2.45, 2.75) is 26.2 Å². The van der Waals surface area contributed by atoms with Crippen LogP contribution in [0.3, 0.4) is 0 Å². The first kappa shape index (κ1) is 20.1. The lowest BCUT2D eigenvalue weighted by Crippen LogP contribution is -2.19. The molecule has 0 bridgehead atoms. The van der Waals surface area contributed by atoms with Crippen molar-refractivity contribution in [2.75, 3.05) is 10.6 Å². The quantitative estimate of drug-likeness (QED) is 0.418. The van der Waals surface area contributed by atoms with Crippen LogP contribution in [-0.4, -0.2) is 21.2 Å². The number of fused-ring (bicyclic) bond motifs is 1. The van der Waals surface area contributed by atoms with Gasteiger partial charge >= 0.3 is 6.03 Å². The van der Waals surface area contributed by atoms with Crippen LogP contribution in [0.5, 0.6) is 0 Å². The monoisotopic (exact) mass is 410 g/mol. The van der Waals surface area contributed by atoms with Crippen LogP contribution in [0.25, 0.3) is 22.2 Å². The van der Waals surface area contributed by atoms with Crippen LogP contribution >= 0.6 is 0 Å². The van der Waals surface area contributed by atoms with Gasteiger partial charge in [0.2, 0.25) is 0 Å². The number of aromatic amines is 1. The summed E-state index contributed by atoms with van der Waals surface area (Å²) in [5, 5.41) is 22.5. The van der Waals surface area contributed by atoms with Crippen LogP contribution in [0.15, 0.2) is 60.8 Å². The van der Waals surface area contributed by atoms with E-state index in [9.17, 15) is 4.79 Å². The fourth-order valence-electron chi connectivity index (χ4n) is 3.21. The standard InChI is InChI=1S/C24H22N6O/c1-24(2,3)21-12-19(20-14-26-30-22(20)29-21)16-6-10-18(11-7-16)28-23(31)27-17-8-4-15(13-25)5-9-17/h4-12,14H,1-3H3,(H,26,29,30)(H2,27,28,31). The molecule has 0 fully saturated rings. The molecule has 0 saturated heterocycles. The molecule has 0 atom stereocenters. The van der Waals surface area contributed by atoms with Gasteiger partial charge in [0.25, 0.3) is 0 Å². The molecule has 2 amide bonds. The Balaban J connectivity index is 1.54. The summed E-state index contributed by atoms with van der Waals surface area (Å²) >= 11 is 0. The molecule has 0 aliphatic rings. The summed E-state index contributed by atoms with van der Waals surface area (Å²) in [5.41, 5.74) is 5.51. The van der Waals surface area contributed by atoms with Gasteiger partial charge in [-0.15, -0.1) is 0 Å². The number of carbonyl (C=O) groups is 1. The lowest BCUT2D eigenvalue weighted by atomic mass is 9.89. The van der Waals surface area contributed by atoms with Crippen molar-refractivity contribution in [2.24, 2.45) is 0 Å². The predicted molar refractivity (Wildman–Crippen MR) is 122 cm³/mol. The number of urea groups is 1. The molecule has 7 heteroatoms. The van der Waals surface area contributed by atoms with E-state index in [2.05, 4.69) is 47.7 Å². The SMILES string of the molecule is CC(C)(C)c1cc(-c2ccc(NC(=O)Nc3ccc(C#N)cc3)cc2)c2cn[nH]c2n1. The second-order valence-corrected chi connectivity index (χ2v) is 8.28. The van der Waals surface area contributed by atoms with Gasteiger partial charge in [-0.1, -0.05) is 32.9 Å². The van der Waals surface area contributed by atoms with E-state index in [0.29, 0.717) is 16.9 Å². The molecule has 2 heterocycles. The Morgan fingerprint density at radius 1 is 1.00 bits per heavy atom. The molecule has 7 nitrogen and oxygen atoms in total. The molecule has 0 radical (unpaired) electrons. The van der Waals surface area contributed by atoms with Crippen molar-refractivity contribution in [3.8, 4) is 17.2 Å². The van der Waals surface area contributed by atoms with Gasteiger partial charge in [-0.05, 0) is 53.6 Å². The third-order valence-electron chi connectivity index (χ3n) is 4.92. The molecule has 0 aliphatic heterocycles.